The summed E-state index contributed by atoms with van der Waals surface area (Å²) >= 11 is 0. The topological polar surface area (TPSA) is 63.4 Å². The molecular weight excluding hydrogens is 260 g/mol. The van der Waals surface area contributed by atoms with E-state index in [4.69, 9.17) is 5.73 Å². The second kappa shape index (κ2) is 6.03. The van der Waals surface area contributed by atoms with Crippen LogP contribution in [0, 0.1) is 5.92 Å². The van der Waals surface area contributed by atoms with E-state index >= 15 is 0 Å². The van der Waals surface area contributed by atoms with Gasteiger partial charge in [-0.3, -0.25) is 0 Å². The Morgan fingerprint density at radius 3 is 2.47 bits per heavy atom. The fourth-order valence-electron chi connectivity index (χ4n) is 2.47. The first kappa shape index (κ1) is 14.5. The van der Waals surface area contributed by atoms with E-state index < -0.39 is 10.0 Å². The van der Waals surface area contributed by atoms with Crippen LogP contribution in [0.5, 0.6) is 0 Å². The Balaban J connectivity index is 2.07. The lowest BCUT2D eigenvalue weighted by Crippen LogP contribution is -2.39. The molecule has 19 heavy (non-hydrogen) atoms. The zero-order valence-electron chi connectivity index (χ0n) is 11.4. The standard InChI is InChI=1S/C14H22N2O2S/c1-12-3-2-8-16(10-12)19(17,18)11-14-6-4-13(9-15)5-7-14/h4-7,12H,2-3,8-11,15H2,1H3. The summed E-state index contributed by atoms with van der Waals surface area (Å²) in [5.41, 5.74) is 7.38. The lowest BCUT2D eigenvalue weighted by atomic mass is 10.0. The summed E-state index contributed by atoms with van der Waals surface area (Å²) in [6, 6.07) is 7.49. The van der Waals surface area contributed by atoms with Gasteiger partial charge in [0.25, 0.3) is 0 Å². The largest absolute Gasteiger partial charge is 0.326 e. The van der Waals surface area contributed by atoms with Gasteiger partial charge in [-0.15, -0.1) is 0 Å². The first-order valence-electron chi connectivity index (χ1n) is 6.77. The highest BCUT2D eigenvalue weighted by molar-refractivity contribution is 7.88. The Hall–Kier alpha value is -0.910. The van der Waals surface area contributed by atoms with Crippen LogP contribution < -0.4 is 5.73 Å². The number of hydrogen-bond acceptors (Lipinski definition) is 3. The Morgan fingerprint density at radius 1 is 1.26 bits per heavy atom. The number of nitrogens with two attached hydrogens (primary N) is 1. The molecule has 1 unspecified atom stereocenters. The fraction of sp³-hybridized carbons (Fsp3) is 0.571. The van der Waals surface area contributed by atoms with Crippen LogP contribution in [-0.2, 0) is 22.3 Å². The lowest BCUT2D eigenvalue weighted by molar-refractivity contribution is 0.281. The van der Waals surface area contributed by atoms with Crippen molar-refractivity contribution in [1.82, 2.24) is 4.31 Å². The number of piperidine rings is 1. The third kappa shape index (κ3) is 3.78. The number of nitrogens with zero attached hydrogens (tertiary/aromatic N) is 1. The van der Waals surface area contributed by atoms with Crippen LogP contribution in [0.1, 0.15) is 30.9 Å². The summed E-state index contributed by atoms with van der Waals surface area (Å²) in [6.07, 6.45) is 2.09. The SMILES string of the molecule is CC1CCCN(S(=O)(=O)Cc2ccc(CN)cc2)C1. The second-order valence-electron chi connectivity index (χ2n) is 5.38. The molecule has 1 fully saturated rings. The van der Waals surface area contributed by atoms with E-state index in [9.17, 15) is 8.42 Å². The molecule has 0 saturated carbocycles. The van der Waals surface area contributed by atoms with Crippen molar-refractivity contribution in [3.05, 3.63) is 35.4 Å². The molecule has 1 aliphatic heterocycles. The summed E-state index contributed by atoms with van der Waals surface area (Å²) < 4.78 is 26.3. The Morgan fingerprint density at radius 2 is 1.89 bits per heavy atom. The van der Waals surface area contributed by atoms with Crippen LogP contribution in [0.15, 0.2) is 24.3 Å². The molecule has 0 bridgehead atoms. The summed E-state index contributed by atoms with van der Waals surface area (Å²) in [5, 5.41) is 0. The third-order valence-electron chi connectivity index (χ3n) is 3.62. The minimum absolute atomic E-state index is 0.0879. The highest BCUT2D eigenvalue weighted by atomic mass is 32.2. The van der Waals surface area contributed by atoms with Gasteiger partial charge >= 0.3 is 0 Å². The Labute approximate surface area is 115 Å². The molecule has 1 heterocycles. The van der Waals surface area contributed by atoms with Gasteiger partial charge in [0.1, 0.15) is 0 Å². The van der Waals surface area contributed by atoms with Crippen molar-refractivity contribution in [2.24, 2.45) is 11.7 Å². The summed E-state index contributed by atoms with van der Waals surface area (Å²) in [7, 11) is -3.19. The van der Waals surface area contributed by atoms with Gasteiger partial charge in [-0.1, -0.05) is 31.2 Å². The minimum Gasteiger partial charge on any atom is -0.326 e. The molecule has 1 atom stereocenters. The van der Waals surface area contributed by atoms with Crippen LogP contribution in [0.3, 0.4) is 0 Å². The zero-order valence-corrected chi connectivity index (χ0v) is 12.2. The molecule has 0 radical (unpaired) electrons. The maximum Gasteiger partial charge on any atom is 0.218 e. The zero-order chi connectivity index (χ0) is 13.9. The van der Waals surface area contributed by atoms with Gasteiger partial charge in [0, 0.05) is 19.6 Å². The van der Waals surface area contributed by atoms with Crippen molar-refractivity contribution in [3.63, 3.8) is 0 Å². The van der Waals surface area contributed by atoms with Gasteiger partial charge in [0.05, 0.1) is 5.75 Å². The van der Waals surface area contributed by atoms with E-state index in [1.54, 1.807) is 4.31 Å². The molecule has 0 aromatic heterocycles. The normalized spacial score (nSPS) is 21.5. The van der Waals surface area contributed by atoms with Crippen molar-refractivity contribution in [1.29, 1.82) is 0 Å². The van der Waals surface area contributed by atoms with Crippen molar-refractivity contribution in [2.45, 2.75) is 32.1 Å². The van der Waals surface area contributed by atoms with Gasteiger partial charge in [-0.25, -0.2) is 12.7 Å². The maximum atomic E-state index is 12.4. The van der Waals surface area contributed by atoms with Gasteiger partial charge in [0.2, 0.25) is 10.0 Å². The Bertz CT molecular complexity index is 511. The van der Waals surface area contributed by atoms with Crippen molar-refractivity contribution >= 4 is 10.0 Å². The van der Waals surface area contributed by atoms with E-state index in [0.29, 0.717) is 25.6 Å². The predicted molar refractivity (Wildman–Crippen MR) is 76.9 cm³/mol. The van der Waals surface area contributed by atoms with Crippen LogP contribution in [0.2, 0.25) is 0 Å². The molecule has 0 amide bonds. The molecule has 1 aromatic rings. The predicted octanol–water partition coefficient (Wildman–Crippen LogP) is 1.71. The minimum atomic E-state index is -3.19. The van der Waals surface area contributed by atoms with Crippen molar-refractivity contribution in [3.8, 4) is 0 Å². The van der Waals surface area contributed by atoms with Crippen LogP contribution in [0.25, 0.3) is 0 Å². The van der Waals surface area contributed by atoms with Gasteiger partial charge in [0.15, 0.2) is 0 Å². The lowest BCUT2D eigenvalue weighted by Gasteiger charge is -2.30. The molecular formula is C14H22N2O2S. The summed E-state index contributed by atoms with van der Waals surface area (Å²) in [5.74, 6) is 0.549. The number of hydrogen-bond donors (Lipinski definition) is 1. The van der Waals surface area contributed by atoms with Gasteiger partial charge in [-0.05, 0) is 29.9 Å². The molecule has 0 spiro atoms. The fourth-order valence-corrected chi connectivity index (χ4v) is 4.16. The van der Waals surface area contributed by atoms with Gasteiger partial charge in [-0.2, -0.15) is 0 Å². The van der Waals surface area contributed by atoms with E-state index in [1.807, 2.05) is 24.3 Å². The first-order valence-corrected chi connectivity index (χ1v) is 8.38. The summed E-state index contributed by atoms with van der Waals surface area (Å²) in [4.78, 5) is 0. The molecule has 106 valence electrons. The maximum absolute atomic E-state index is 12.4. The van der Waals surface area contributed by atoms with E-state index in [0.717, 1.165) is 24.0 Å². The monoisotopic (exact) mass is 282 g/mol. The second-order valence-corrected chi connectivity index (χ2v) is 7.35. The highest BCUT2D eigenvalue weighted by Gasteiger charge is 2.26. The quantitative estimate of drug-likeness (QED) is 0.914. The molecule has 4 nitrogen and oxygen atoms in total. The molecule has 1 aliphatic rings. The number of sulfonamides is 1. The molecule has 5 heteroatoms. The summed E-state index contributed by atoms with van der Waals surface area (Å²) in [6.45, 7) is 3.91. The van der Waals surface area contributed by atoms with Gasteiger partial charge < -0.3 is 5.73 Å². The molecule has 2 N–H and O–H groups in total. The molecule has 1 saturated heterocycles. The van der Waals surface area contributed by atoms with Crippen molar-refractivity contribution < 1.29 is 8.42 Å². The average molecular weight is 282 g/mol. The number of benzene rings is 1. The molecule has 2 rings (SSSR count). The van der Waals surface area contributed by atoms with Crippen molar-refractivity contribution in [2.75, 3.05) is 13.1 Å². The van der Waals surface area contributed by atoms with E-state index in [-0.39, 0.29) is 5.75 Å². The molecule has 1 aromatic carbocycles. The van der Waals surface area contributed by atoms with E-state index in [1.165, 1.54) is 0 Å². The molecule has 0 aliphatic carbocycles. The van der Waals surface area contributed by atoms with Crippen LogP contribution >= 0.6 is 0 Å². The van der Waals surface area contributed by atoms with E-state index in [2.05, 4.69) is 6.92 Å². The third-order valence-corrected chi connectivity index (χ3v) is 5.44. The number of rotatable bonds is 4. The first-order chi connectivity index (χ1) is 9.01. The average Bonchev–Trinajstić information content (AvgIpc) is 2.39. The Kier molecular flexibility index (Phi) is 4.60. The highest BCUT2D eigenvalue weighted by Crippen LogP contribution is 2.21. The van der Waals surface area contributed by atoms with Crippen LogP contribution in [-0.4, -0.2) is 25.8 Å². The van der Waals surface area contributed by atoms with Crippen LogP contribution in [0.4, 0.5) is 0 Å². The smallest absolute Gasteiger partial charge is 0.218 e.